The molecule has 8 heteroatoms. The summed E-state index contributed by atoms with van der Waals surface area (Å²) >= 11 is 0. The number of halogens is 3. The van der Waals surface area contributed by atoms with Gasteiger partial charge in [0.25, 0.3) is 5.91 Å². The molecule has 0 saturated heterocycles. The molecule has 0 heterocycles. The van der Waals surface area contributed by atoms with E-state index in [1.54, 1.807) is 18.2 Å². The SMILES string of the molecule is O=C(CNc1cccc(C(F)(F)F)c1)NN=Cc1ccccc1O. The van der Waals surface area contributed by atoms with Gasteiger partial charge in [0.05, 0.1) is 18.3 Å². The van der Waals surface area contributed by atoms with E-state index in [4.69, 9.17) is 0 Å². The summed E-state index contributed by atoms with van der Waals surface area (Å²) in [6, 6.07) is 10.9. The first kappa shape index (κ1) is 17.3. The Morgan fingerprint density at radius 1 is 1.17 bits per heavy atom. The van der Waals surface area contributed by atoms with Crippen LogP contribution in [0.2, 0.25) is 0 Å². The summed E-state index contributed by atoms with van der Waals surface area (Å²) in [5.41, 5.74) is 2.00. The maximum absolute atomic E-state index is 12.6. The van der Waals surface area contributed by atoms with E-state index in [0.29, 0.717) is 5.56 Å². The minimum absolute atomic E-state index is 0.0117. The molecule has 24 heavy (non-hydrogen) atoms. The zero-order valence-corrected chi connectivity index (χ0v) is 12.3. The molecule has 2 rings (SSSR count). The van der Waals surface area contributed by atoms with Gasteiger partial charge < -0.3 is 10.4 Å². The van der Waals surface area contributed by atoms with Gasteiger partial charge in [-0.3, -0.25) is 4.79 Å². The number of hydrogen-bond acceptors (Lipinski definition) is 4. The standard InChI is InChI=1S/C16H14F3N3O2/c17-16(18,19)12-5-3-6-13(8-12)20-10-15(24)22-21-9-11-4-1-2-7-14(11)23/h1-9,20,23H,10H2,(H,22,24). The number of carbonyl (C=O) groups excluding carboxylic acids is 1. The Kier molecular flexibility index (Phi) is 5.41. The molecule has 126 valence electrons. The number of hydrazone groups is 1. The lowest BCUT2D eigenvalue weighted by atomic mass is 10.2. The first-order valence-electron chi connectivity index (χ1n) is 6.87. The molecule has 3 N–H and O–H groups in total. The zero-order valence-electron chi connectivity index (χ0n) is 12.3. The van der Waals surface area contributed by atoms with Crippen molar-refractivity contribution in [3.05, 3.63) is 59.7 Å². The van der Waals surface area contributed by atoms with Gasteiger partial charge in [-0.15, -0.1) is 0 Å². The number of aromatic hydroxyl groups is 1. The molecule has 0 aliphatic rings. The second-order valence-electron chi connectivity index (χ2n) is 4.78. The van der Waals surface area contributed by atoms with Gasteiger partial charge in [0.1, 0.15) is 5.75 Å². The lowest BCUT2D eigenvalue weighted by molar-refractivity contribution is -0.137. The lowest BCUT2D eigenvalue weighted by Crippen LogP contribution is -2.26. The van der Waals surface area contributed by atoms with Crippen LogP contribution in [0.5, 0.6) is 5.75 Å². The predicted octanol–water partition coefficient (Wildman–Crippen LogP) is 2.97. The second-order valence-corrected chi connectivity index (χ2v) is 4.78. The molecule has 0 aliphatic heterocycles. The van der Waals surface area contributed by atoms with Crippen molar-refractivity contribution in [2.75, 3.05) is 11.9 Å². The highest BCUT2D eigenvalue weighted by Crippen LogP contribution is 2.30. The number of alkyl halides is 3. The van der Waals surface area contributed by atoms with Gasteiger partial charge in [0.2, 0.25) is 0 Å². The fraction of sp³-hybridized carbons (Fsp3) is 0.125. The maximum atomic E-state index is 12.6. The number of amides is 1. The molecule has 2 aromatic carbocycles. The first-order valence-corrected chi connectivity index (χ1v) is 6.87. The Morgan fingerprint density at radius 2 is 1.92 bits per heavy atom. The van der Waals surface area contributed by atoms with Crippen LogP contribution in [-0.4, -0.2) is 23.8 Å². The highest BCUT2D eigenvalue weighted by atomic mass is 19.4. The second kappa shape index (κ2) is 7.49. The third-order valence-electron chi connectivity index (χ3n) is 2.97. The quantitative estimate of drug-likeness (QED) is 0.580. The number of phenols is 1. The number of rotatable bonds is 5. The van der Waals surface area contributed by atoms with Crippen molar-refractivity contribution in [2.24, 2.45) is 5.10 Å². The van der Waals surface area contributed by atoms with E-state index in [0.717, 1.165) is 12.1 Å². The third-order valence-corrected chi connectivity index (χ3v) is 2.97. The number of para-hydroxylation sites is 1. The normalized spacial score (nSPS) is 11.5. The molecule has 1 amide bonds. The highest BCUT2D eigenvalue weighted by molar-refractivity contribution is 5.86. The molecule has 0 aliphatic carbocycles. The average Bonchev–Trinajstić information content (AvgIpc) is 2.54. The molecule has 5 nitrogen and oxygen atoms in total. The van der Waals surface area contributed by atoms with Crippen LogP contribution in [0.25, 0.3) is 0 Å². The van der Waals surface area contributed by atoms with Crippen molar-refractivity contribution in [1.29, 1.82) is 0 Å². The summed E-state index contributed by atoms with van der Waals surface area (Å²) in [6.07, 6.45) is -3.18. The number of benzene rings is 2. The minimum atomic E-state index is -4.44. The average molecular weight is 337 g/mol. The van der Waals surface area contributed by atoms with Crippen LogP contribution < -0.4 is 10.7 Å². The summed E-state index contributed by atoms with van der Waals surface area (Å²) in [5.74, 6) is -0.531. The van der Waals surface area contributed by atoms with Crippen LogP contribution >= 0.6 is 0 Å². The third kappa shape index (κ3) is 5.01. The molecule has 0 unspecified atom stereocenters. The van der Waals surface area contributed by atoms with Gasteiger partial charge in [0.15, 0.2) is 0 Å². The maximum Gasteiger partial charge on any atom is 0.416 e. The Bertz CT molecular complexity index is 745. The Labute approximate surface area is 135 Å². The van der Waals surface area contributed by atoms with E-state index < -0.39 is 17.6 Å². The largest absolute Gasteiger partial charge is 0.507 e. The van der Waals surface area contributed by atoms with Gasteiger partial charge in [-0.25, -0.2) is 5.43 Å². The van der Waals surface area contributed by atoms with Crippen LogP contribution in [0.4, 0.5) is 18.9 Å². The Balaban J connectivity index is 1.87. The van der Waals surface area contributed by atoms with Crippen molar-refractivity contribution in [1.82, 2.24) is 5.43 Å². The number of carbonyl (C=O) groups is 1. The molecule has 0 bridgehead atoms. The van der Waals surface area contributed by atoms with E-state index >= 15 is 0 Å². The van der Waals surface area contributed by atoms with Crippen LogP contribution in [0.1, 0.15) is 11.1 Å². The van der Waals surface area contributed by atoms with E-state index in [2.05, 4.69) is 15.8 Å². The van der Waals surface area contributed by atoms with E-state index in [1.807, 2.05) is 0 Å². The van der Waals surface area contributed by atoms with E-state index in [-0.39, 0.29) is 18.0 Å². The molecule has 0 saturated carbocycles. The summed E-state index contributed by atoms with van der Waals surface area (Å²) in [4.78, 5) is 11.6. The molecule has 0 fully saturated rings. The first-order chi connectivity index (χ1) is 11.4. The summed E-state index contributed by atoms with van der Waals surface area (Å²) < 4.78 is 37.7. The van der Waals surface area contributed by atoms with Crippen LogP contribution in [0.15, 0.2) is 53.6 Å². The van der Waals surface area contributed by atoms with Gasteiger partial charge in [-0.05, 0) is 30.3 Å². The number of phenolic OH excluding ortho intramolecular Hbond substituents is 1. The fourth-order valence-electron chi connectivity index (χ4n) is 1.80. The summed E-state index contributed by atoms with van der Waals surface area (Å²) in [7, 11) is 0. The lowest BCUT2D eigenvalue weighted by Gasteiger charge is -2.10. The van der Waals surface area contributed by atoms with E-state index in [9.17, 15) is 23.1 Å². The zero-order chi connectivity index (χ0) is 17.6. The van der Waals surface area contributed by atoms with Crippen molar-refractivity contribution in [3.8, 4) is 5.75 Å². The smallest absolute Gasteiger partial charge is 0.416 e. The molecule has 0 radical (unpaired) electrons. The molecular weight excluding hydrogens is 323 g/mol. The Hall–Kier alpha value is -3.03. The predicted molar refractivity (Wildman–Crippen MR) is 83.8 cm³/mol. The molecule has 0 atom stereocenters. The van der Waals surface area contributed by atoms with Gasteiger partial charge in [-0.1, -0.05) is 18.2 Å². The molecule has 0 spiro atoms. The van der Waals surface area contributed by atoms with Gasteiger partial charge >= 0.3 is 6.18 Å². The van der Waals surface area contributed by atoms with Gasteiger partial charge in [0, 0.05) is 11.3 Å². The number of anilines is 1. The number of nitrogens with one attached hydrogen (secondary N) is 2. The topological polar surface area (TPSA) is 73.7 Å². The molecule has 2 aromatic rings. The van der Waals surface area contributed by atoms with Crippen LogP contribution in [0.3, 0.4) is 0 Å². The number of hydrogen-bond donors (Lipinski definition) is 3. The van der Waals surface area contributed by atoms with Crippen molar-refractivity contribution in [3.63, 3.8) is 0 Å². The van der Waals surface area contributed by atoms with Crippen molar-refractivity contribution >= 4 is 17.8 Å². The minimum Gasteiger partial charge on any atom is -0.507 e. The fourth-order valence-corrected chi connectivity index (χ4v) is 1.80. The highest BCUT2D eigenvalue weighted by Gasteiger charge is 2.30. The molecular formula is C16H14F3N3O2. The summed E-state index contributed by atoms with van der Waals surface area (Å²) in [6.45, 7) is -0.251. The van der Waals surface area contributed by atoms with E-state index in [1.165, 1.54) is 24.4 Å². The van der Waals surface area contributed by atoms with Crippen molar-refractivity contribution < 1.29 is 23.1 Å². The van der Waals surface area contributed by atoms with Crippen LogP contribution in [0, 0.1) is 0 Å². The van der Waals surface area contributed by atoms with Crippen molar-refractivity contribution in [2.45, 2.75) is 6.18 Å². The Morgan fingerprint density at radius 3 is 2.62 bits per heavy atom. The molecule has 0 aromatic heterocycles. The summed E-state index contributed by atoms with van der Waals surface area (Å²) in [5, 5.41) is 15.8. The van der Waals surface area contributed by atoms with Crippen LogP contribution in [-0.2, 0) is 11.0 Å². The monoisotopic (exact) mass is 337 g/mol. The number of nitrogens with zero attached hydrogens (tertiary/aromatic N) is 1. The van der Waals surface area contributed by atoms with Gasteiger partial charge in [-0.2, -0.15) is 18.3 Å².